The third kappa shape index (κ3) is 7.53. The number of nitrogens with one attached hydrogen (secondary N) is 2. The number of hydrogen-bond acceptors (Lipinski definition) is 4. The van der Waals surface area contributed by atoms with Crippen LogP contribution in [0, 0.1) is 0 Å². The van der Waals surface area contributed by atoms with Crippen LogP contribution in [0.1, 0.15) is 19.8 Å². The van der Waals surface area contributed by atoms with Gasteiger partial charge in [0.05, 0.1) is 0 Å². The first-order valence-corrected chi connectivity index (χ1v) is 4.64. The summed E-state index contributed by atoms with van der Waals surface area (Å²) in [5.41, 5.74) is 0.635. The number of aliphatic hydroxyl groups excluding tert-OH is 1. The Bertz CT molecular complexity index is 155. The van der Waals surface area contributed by atoms with E-state index in [0.29, 0.717) is 18.8 Å². The first kappa shape index (κ1) is 12.2. The fourth-order valence-corrected chi connectivity index (χ4v) is 0.808. The SMILES string of the molecule is CCCCO.O=C=C1CNCCN1. The Balaban J connectivity index is 0.000000252. The van der Waals surface area contributed by atoms with Gasteiger partial charge in [0, 0.05) is 26.2 Å². The van der Waals surface area contributed by atoms with Gasteiger partial charge in [0.25, 0.3) is 0 Å². The van der Waals surface area contributed by atoms with Crippen LogP contribution in [-0.2, 0) is 4.79 Å². The first-order chi connectivity index (χ1) is 6.35. The van der Waals surface area contributed by atoms with E-state index in [1.165, 1.54) is 0 Å². The lowest BCUT2D eigenvalue weighted by Crippen LogP contribution is -2.38. The van der Waals surface area contributed by atoms with Crippen molar-refractivity contribution in [1.82, 2.24) is 10.6 Å². The summed E-state index contributed by atoms with van der Waals surface area (Å²) in [7, 11) is 0. The van der Waals surface area contributed by atoms with E-state index in [-0.39, 0.29) is 0 Å². The molecule has 0 spiro atoms. The summed E-state index contributed by atoms with van der Waals surface area (Å²) in [5, 5.41) is 14.0. The van der Waals surface area contributed by atoms with Crippen LogP contribution in [-0.4, -0.2) is 37.3 Å². The molecule has 4 nitrogen and oxygen atoms in total. The van der Waals surface area contributed by atoms with Gasteiger partial charge >= 0.3 is 0 Å². The Kier molecular flexibility index (Phi) is 8.67. The molecule has 0 aromatic heterocycles. The lowest BCUT2D eigenvalue weighted by Gasteiger charge is -2.13. The Hall–Kier alpha value is -0.830. The number of rotatable bonds is 2. The van der Waals surface area contributed by atoms with Crippen LogP contribution in [0.15, 0.2) is 5.70 Å². The molecule has 1 aliphatic rings. The van der Waals surface area contributed by atoms with Crippen LogP contribution in [0.25, 0.3) is 0 Å². The van der Waals surface area contributed by atoms with E-state index in [9.17, 15) is 4.79 Å². The fourth-order valence-electron chi connectivity index (χ4n) is 0.808. The van der Waals surface area contributed by atoms with Crippen LogP contribution >= 0.6 is 0 Å². The van der Waals surface area contributed by atoms with E-state index in [1.807, 2.05) is 0 Å². The minimum Gasteiger partial charge on any atom is -0.396 e. The molecule has 1 fully saturated rings. The summed E-state index contributed by atoms with van der Waals surface area (Å²) in [5.74, 6) is 1.80. The highest BCUT2D eigenvalue weighted by atomic mass is 16.2. The second-order valence-corrected chi connectivity index (χ2v) is 2.76. The Morgan fingerprint density at radius 3 is 2.54 bits per heavy atom. The molecule has 1 aliphatic heterocycles. The van der Waals surface area contributed by atoms with Crippen LogP contribution in [0.3, 0.4) is 0 Å². The van der Waals surface area contributed by atoms with E-state index in [2.05, 4.69) is 17.6 Å². The van der Waals surface area contributed by atoms with Gasteiger partial charge in [0.2, 0.25) is 0 Å². The fraction of sp³-hybridized carbons (Fsp3) is 0.778. The van der Waals surface area contributed by atoms with E-state index < -0.39 is 0 Å². The molecule has 0 aromatic carbocycles. The van der Waals surface area contributed by atoms with Crippen LogP contribution < -0.4 is 10.6 Å². The van der Waals surface area contributed by atoms with Gasteiger partial charge in [-0.05, 0) is 6.42 Å². The minimum atomic E-state index is 0.344. The Morgan fingerprint density at radius 2 is 2.31 bits per heavy atom. The standard InChI is InChI=1S/C5H8N2O.C4H10O/c8-4-5-3-6-1-2-7-5;1-2-3-4-5/h6-7H,1-3H2;5H,2-4H2,1H3. The average Bonchev–Trinajstić information content (AvgIpc) is 2.21. The van der Waals surface area contributed by atoms with Gasteiger partial charge in [-0.2, -0.15) is 0 Å². The van der Waals surface area contributed by atoms with E-state index >= 15 is 0 Å². The van der Waals surface area contributed by atoms with Crippen molar-refractivity contribution in [3.05, 3.63) is 5.70 Å². The van der Waals surface area contributed by atoms with Crippen LogP contribution in [0.5, 0.6) is 0 Å². The quantitative estimate of drug-likeness (QED) is 0.517. The van der Waals surface area contributed by atoms with Gasteiger partial charge in [0.1, 0.15) is 11.6 Å². The van der Waals surface area contributed by atoms with Crippen molar-refractivity contribution in [2.24, 2.45) is 0 Å². The van der Waals surface area contributed by atoms with Gasteiger partial charge in [-0.1, -0.05) is 13.3 Å². The molecule has 1 saturated heterocycles. The van der Waals surface area contributed by atoms with Crippen molar-refractivity contribution < 1.29 is 9.90 Å². The number of unbranched alkanes of at least 4 members (excludes halogenated alkanes) is 1. The smallest absolute Gasteiger partial charge is 0.146 e. The Labute approximate surface area is 79.0 Å². The van der Waals surface area contributed by atoms with Crippen molar-refractivity contribution in [3.63, 3.8) is 0 Å². The molecule has 0 amide bonds. The molecule has 0 unspecified atom stereocenters. The van der Waals surface area contributed by atoms with E-state index in [0.717, 1.165) is 25.9 Å². The summed E-state index contributed by atoms with van der Waals surface area (Å²) in [6.07, 6.45) is 2.04. The molecular formula is C9H18N2O2. The first-order valence-electron chi connectivity index (χ1n) is 4.64. The Morgan fingerprint density at radius 1 is 1.54 bits per heavy atom. The molecule has 1 rings (SSSR count). The van der Waals surface area contributed by atoms with Crippen LogP contribution in [0.4, 0.5) is 0 Å². The summed E-state index contributed by atoms with van der Waals surface area (Å²) >= 11 is 0. The maximum absolute atomic E-state index is 9.90. The van der Waals surface area contributed by atoms with E-state index in [1.54, 1.807) is 5.94 Å². The summed E-state index contributed by atoms with van der Waals surface area (Å²) < 4.78 is 0. The zero-order valence-corrected chi connectivity index (χ0v) is 8.10. The van der Waals surface area contributed by atoms with Crippen molar-refractivity contribution in [2.45, 2.75) is 19.8 Å². The summed E-state index contributed by atoms with van der Waals surface area (Å²) in [6, 6.07) is 0. The number of piperazine rings is 1. The molecule has 3 N–H and O–H groups in total. The van der Waals surface area contributed by atoms with E-state index in [4.69, 9.17) is 5.11 Å². The molecule has 13 heavy (non-hydrogen) atoms. The number of carbonyl (C=O) groups excluding carboxylic acids is 1. The van der Waals surface area contributed by atoms with Gasteiger partial charge in [-0.3, -0.25) is 0 Å². The molecule has 0 radical (unpaired) electrons. The highest BCUT2D eigenvalue weighted by Gasteiger charge is 2.00. The predicted octanol–water partition coefficient (Wildman–Crippen LogP) is -0.326. The molecule has 4 heteroatoms. The van der Waals surface area contributed by atoms with Crippen molar-refractivity contribution in [1.29, 1.82) is 0 Å². The molecule has 0 aromatic rings. The van der Waals surface area contributed by atoms with Gasteiger partial charge in [-0.15, -0.1) is 0 Å². The van der Waals surface area contributed by atoms with Crippen molar-refractivity contribution in [2.75, 3.05) is 26.2 Å². The third-order valence-electron chi connectivity index (χ3n) is 1.58. The maximum atomic E-state index is 9.90. The highest BCUT2D eigenvalue weighted by molar-refractivity contribution is 5.52. The van der Waals surface area contributed by atoms with Crippen molar-refractivity contribution >= 4 is 5.94 Å². The second-order valence-electron chi connectivity index (χ2n) is 2.76. The predicted molar refractivity (Wildman–Crippen MR) is 52.1 cm³/mol. The van der Waals surface area contributed by atoms with Gasteiger partial charge in [-0.25, -0.2) is 4.79 Å². The zero-order chi connectivity index (χ0) is 9.94. The molecule has 0 aliphatic carbocycles. The zero-order valence-electron chi connectivity index (χ0n) is 8.10. The summed E-state index contributed by atoms with van der Waals surface area (Å²) in [4.78, 5) is 9.90. The van der Waals surface area contributed by atoms with Gasteiger partial charge < -0.3 is 15.7 Å². The minimum absolute atomic E-state index is 0.344. The third-order valence-corrected chi connectivity index (χ3v) is 1.58. The second kappa shape index (κ2) is 9.26. The molecule has 76 valence electrons. The monoisotopic (exact) mass is 186 g/mol. The largest absolute Gasteiger partial charge is 0.396 e. The normalized spacial score (nSPS) is 15.1. The maximum Gasteiger partial charge on any atom is 0.146 e. The number of aliphatic hydroxyl groups is 1. The summed E-state index contributed by atoms with van der Waals surface area (Å²) in [6.45, 7) is 4.81. The average molecular weight is 186 g/mol. The van der Waals surface area contributed by atoms with Crippen molar-refractivity contribution in [3.8, 4) is 0 Å². The topological polar surface area (TPSA) is 61.4 Å². The highest BCUT2D eigenvalue weighted by Crippen LogP contribution is 1.81. The molecular weight excluding hydrogens is 168 g/mol. The lowest BCUT2D eigenvalue weighted by molar-refractivity contribution is 0.287. The number of hydrogen-bond donors (Lipinski definition) is 3. The molecule has 0 atom stereocenters. The van der Waals surface area contributed by atoms with Gasteiger partial charge in [0.15, 0.2) is 0 Å². The molecule has 1 heterocycles. The molecule has 0 bridgehead atoms. The van der Waals surface area contributed by atoms with Crippen LogP contribution in [0.2, 0.25) is 0 Å². The molecule has 0 saturated carbocycles. The lowest BCUT2D eigenvalue weighted by atomic mass is 10.4.